The third kappa shape index (κ3) is 2.94. The van der Waals surface area contributed by atoms with Gasteiger partial charge in [0.25, 0.3) is 0 Å². The summed E-state index contributed by atoms with van der Waals surface area (Å²) < 4.78 is 6.11. The summed E-state index contributed by atoms with van der Waals surface area (Å²) >= 11 is 0. The fraction of sp³-hybridized carbons (Fsp3) is 0.714. The zero-order chi connectivity index (χ0) is 10.5. The second-order valence-electron chi connectivity index (χ2n) is 4.80. The predicted molar refractivity (Wildman–Crippen MR) is 63.8 cm³/mol. The second-order valence-corrected chi connectivity index (χ2v) is 4.80. The van der Waals surface area contributed by atoms with Crippen molar-refractivity contribution in [1.82, 2.24) is 0 Å². The molecule has 0 aromatic heterocycles. The lowest BCUT2D eigenvalue weighted by molar-refractivity contribution is -0.0352. The first-order valence-electron chi connectivity index (χ1n) is 6.33. The summed E-state index contributed by atoms with van der Waals surface area (Å²) in [6, 6.07) is 0. The Bertz CT molecular complexity index is 225. The molecule has 0 spiro atoms. The fourth-order valence-electron chi connectivity index (χ4n) is 2.80. The van der Waals surface area contributed by atoms with Crippen LogP contribution in [0.15, 0.2) is 24.8 Å². The van der Waals surface area contributed by atoms with Gasteiger partial charge in [0, 0.05) is 0 Å². The van der Waals surface area contributed by atoms with Gasteiger partial charge in [0.05, 0.1) is 12.2 Å². The monoisotopic (exact) mass is 206 g/mol. The summed E-state index contributed by atoms with van der Waals surface area (Å²) in [5.41, 5.74) is 0. The average molecular weight is 206 g/mol. The van der Waals surface area contributed by atoms with E-state index < -0.39 is 0 Å². The van der Waals surface area contributed by atoms with Gasteiger partial charge in [-0.1, -0.05) is 37.5 Å². The van der Waals surface area contributed by atoms with Crippen molar-refractivity contribution in [3.8, 4) is 0 Å². The Morgan fingerprint density at radius 2 is 2.07 bits per heavy atom. The van der Waals surface area contributed by atoms with Crippen LogP contribution in [0.3, 0.4) is 0 Å². The molecule has 1 heteroatoms. The lowest BCUT2D eigenvalue weighted by atomic mass is 9.83. The SMILES string of the molecule is C=CC[C@H]1C=CC[C@H](C2CCCCC2)O1. The van der Waals surface area contributed by atoms with Crippen LogP contribution in [0.4, 0.5) is 0 Å². The maximum Gasteiger partial charge on any atom is 0.0794 e. The highest BCUT2D eigenvalue weighted by Crippen LogP contribution is 2.32. The first-order valence-corrected chi connectivity index (χ1v) is 6.33. The molecule has 0 saturated heterocycles. The molecule has 2 aliphatic rings. The van der Waals surface area contributed by atoms with Gasteiger partial charge in [0.15, 0.2) is 0 Å². The summed E-state index contributed by atoms with van der Waals surface area (Å²) in [5, 5.41) is 0. The van der Waals surface area contributed by atoms with Gasteiger partial charge < -0.3 is 4.74 Å². The minimum absolute atomic E-state index is 0.295. The molecule has 0 N–H and O–H groups in total. The van der Waals surface area contributed by atoms with Crippen LogP contribution in [0.2, 0.25) is 0 Å². The molecule has 2 rings (SSSR count). The number of rotatable bonds is 3. The predicted octanol–water partition coefficient (Wildman–Crippen LogP) is 3.86. The van der Waals surface area contributed by atoms with Crippen molar-refractivity contribution in [3.63, 3.8) is 0 Å². The van der Waals surface area contributed by atoms with Gasteiger partial charge in [0.1, 0.15) is 0 Å². The van der Waals surface area contributed by atoms with Crippen molar-refractivity contribution in [2.75, 3.05) is 0 Å². The molecule has 0 unspecified atom stereocenters. The van der Waals surface area contributed by atoms with Crippen LogP contribution < -0.4 is 0 Å². The zero-order valence-corrected chi connectivity index (χ0v) is 9.53. The van der Waals surface area contributed by atoms with Crippen LogP contribution in [-0.2, 0) is 4.74 Å². The van der Waals surface area contributed by atoms with Crippen molar-refractivity contribution in [1.29, 1.82) is 0 Å². The Morgan fingerprint density at radius 1 is 1.27 bits per heavy atom. The van der Waals surface area contributed by atoms with E-state index in [0.717, 1.165) is 18.8 Å². The van der Waals surface area contributed by atoms with Gasteiger partial charge in [-0.3, -0.25) is 0 Å². The van der Waals surface area contributed by atoms with Gasteiger partial charge >= 0.3 is 0 Å². The van der Waals surface area contributed by atoms with Gasteiger partial charge in [-0.25, -0.2) is 0 Å². The Morgan fingerprint density at radius 3 is 2.80 bits per heavy atom. The van der Waals surface area contributed by atoms with E-state index in [9.17, 15) is 0 Å². The molecule has 84 valence electrons. The largest absolute Gasteiger partial charge is 0.370 e. The molecule has 15 heavy (non-hydrogen) atoms. The minimum atomic E-state index is 0.295. The molecule has 2 atom stereocenters. The summed E-state index contributed by atoms with van der Waals surface area (Å²) in [7, 11) is 0. The molecule has 1 aliphatic carbocycles. The first-order chi connectivity index (χ1) is 7.40. The molecule has 1 aliphatic heterocycles. The second kappa shape index (κ2) is 5.50. The highest BCUT2D eigenvalue weighted by Gasteiger charge is 2.27. The molecular weight excluding hydrogens is 184 g/mol. The number of hydrogen-bond donors (Lipinski definition) is 0. The standard InChI is InChI=1S/C14H22O/c1-2-7-13-10-6-11-14(15-13)12-8-4-3-5-9-12/h2,6,10,12-14H,1,3-5,7-9,11H2/t13-,14+/m0/s1. The van der Waals surface area contributed by atoms with E-state index >= 15 is 0 Å². The Labute approximate surface area is 93.2 Å². The lowest BCUT2D eigenvalue weighted by Crippen LogP contribution is -2.31. The molecule has 0 radical (unpaired) electrons. The van der Waals surface area contributed by atoms with Crippen molar-refractivity contribution in [3.05, 3.63) is 24.8 Å². The van der Waals surface area contributed by atoms with Gasteiger partial charge in [-0.05, 0) is 31.6 Å². The van der Waals surface area contributed by atoms with Crippen LogP contribution in [0.5, 0.6) is 0 Å². The van der Waals surface area contributed by atoms with Crippen molar-refractivity contribution in [2.24, 2.45) is 5.92 Å². The Hall–Kier alpha value is -0.560. The van der Waals surface area contributed by atoms with Crippen LogP contribution in [0.25, 0.3) is 0 Å². The molecule has 0 aromatic carbocycles. The average Bonchev–Trinajstić information content (AvgIpc) is 2.31. The van der Waals surface area contributed by atoms with Crippen LogP contribution >= 0.6 is 0 Å². The van der Waals surface area contributed by atoms with E-state index in [2.05, 4.69) is 18.7 Å². The topological polar surface area (TPSA) is 9.23 Å². The smallest absolute Gasteiger partial charge is 0.0794 e. The molecule has 0 amide bonds. The summed E-state index contributed by atoms with van der Waals surface area (Å²) in [5.74, 6) is 0.816. The molecule has 1 saturated carbocycles. The van der Waals surface area contributed by atoms with E-state index in [1.54, 1.807) is 0 Å². The molecular formula is C14H22O. The molecule has 0 aromatic rings. The normalized spacial score (nSPS) is 32.8. The van der Waals surface area contributed by atoms with Crippen LogP contribution in [-0.4, -0.2) is 12.2 Å². The maximum atomic E-state index is 6.11. The highest BCUT2D eigenvalue weighted by molar-refractivity contribution is 4.99. The molecule has 0 bridgehead atoms. The van der Waals surface area contributed by atoms with Gasteiger partial charge in [-0.15, -0.1) is 6.58 Å². The van der Waals surface area contributed by atoms with E-state index in [1.165, 1.54) is 32.1 Å². The van der Waals surface area contributed by atoms with Gasteiger partial charge in [-0.2, -0.15) is 0 Å². The van der Waals surface area contributed by atoms with E-state index in [0.29, 0.717) is 12.2 Å². The summed E-state index contributed by atoms with van der Waals surface area (Å²) in [6.45, 7) is 3.78. The van der Waals surface area contributed by atoms with E-state index in [-0.39, 0.29) is 0 Å². The third-order valence-electron chi connectivity index (χ3n) is 3.64. The third-order valence-corrected chi connectivity index (χ3v) is 3.64. The summed E-state index contributed by atoms with van der Waals surface area (Å²) in [6.07, 6.45) is 16.3. The lowest BCUT2D eigenvalue weighted by Gasteiger charge is -2.34. The highest BCUT2D eigenvalue weighted by atomic mass is 16.5. The van der Waals surface area contributed by atoms with E-state index in [4.69, 9.17) is 4.74 Å². The molecule has 1 nitrogen and oxygen atoms in total. The number of hydrogen-bond acceptors (Lipinski definition) is 1. The minimum Gasteiger partial charge on any atom is -0.370 e. The van der Waals surface area contributed by atoms with Crippen LogP contribution in [0, 0.1) is 5.92 Å². The maximum absolute atomic E-state index is 6.11. The molecule has 1 fully saturated rings. The summed E-state index contributed by atoms with van der Waals surface area (Å²) in [4.78, 5) is 0. The van der Waals surface area contributed by atoms with Crippen LogP contribution in [0.1, 0.15) is 44.9 Å². The quantitative estimate of drug-likeness (QED) is 0.637. The number of ether oxygens (including phenoxy) is 1. The fourth-order valence-corrected chi connectivity index (χ4v) is 2.80. The van der Waals surface area contributed by atoms with Crippen molar-refractivity contribution < 1.29 is 4.74 Å². The van der Waals surface area contributed by atoms with E-state index in [1.807, 2.05) is 6.08 Å². The Kier molecular flexibility index (Phi) is 4.01. The molecule has 1 heterocycles. The van der Waals surface area contributed by atoms with Crippen molar-refractivity contribution >= 4 is 0 Å². The Balaban J connectivity index is 1.87. The van der Waals surface area contributed by atoms with Gasteiger partial charge in [0.2, 0.25) is 0 Å². The zero-order valence-electron chi connectivity index (χ0n) is 9.53. The van der Waals surface area contributed by atoms with Crippen molar-refractivity contribution in [2.45, 2.75) is 57.2 Å². The first kappa shape index (κ1) is 10.9.